The highest BCUT2D eigenvalue weighted by atomic mass is 14.6. The van der Waals surface area contributed by atoms with Gasteiger partial charge in [-0.1, -0.05) is 20.8 Å². The molecule has 0 aliphatic heterocycles. The van der Waals surface area contributed by atoms with Crippen molar-refractivity contribution in [1.29, 1.82) is 0 Å². The van der Waals surface area contributed by atoms with Crippen LogP contribution in [0.2, 0.25) is 0 Å². The van der Waals surface area contributed by atoms with Crippen LogP contribution < -0.4 is 0 Å². The Kier molecular flexibility index (Phi) is 2.51. The fourth-order valence-corrected chi connectivity index (χ4v) is 3.59. The standard InChI is InChI=1S/C17H26/c1-10-11(2)13(4)15(14(5)12(10)3)17(8)9-16(17,6)7/h9H2,1-8H3. The van der Waals surface area contributed by atoms with Crippen LogP contribution in [0.15, 0.2) is 0 Å². The molecule has 0 nitrogen and oxygen atoms in total. The van der Waals surface area contributed by atoms with Crippen molar-refractivity contribution < 1.29 is 0 Å². The van der Waals surface area contributed by atoms with E-state index >= 15 is 0 Å². The van der Waals surface area contributed by atoms with Crippen LogP contribution in [0.1, 0.15) is 60.6 Å². The SMILES string of the molecule is Cc1c(C)c(C)c(C2(C)CC2(C)C)c(C)c1C. The molecule has 0 radical (unpaired) electrons. The Bertz CT molecular complexity index is 462. The summed E-state index contributed by atoms with van der Waals surface area (Å²) >= 11 is 0. The summed E-state index contributed by atoms with van der Waals surface area (Å²) in [6.07, 6.45) is 1.32. The van der Waals surface area contributed by atoms with Gasteiger partial charge in [0.1, 0.15) is 0 Å². The summed E-state index contributed by atoms with van der Waals surface area (Å²) in [6, 6.07) is 0. The minimum atomic E-state index is 0.393. The smallest absolute Gasteiger partial charge is 0.00130 e. The molecule has 1 aromatic carbocycles. The maximum Gasteiger partial charge on any atom is -0.00130 e. The van der Waals surface area contributed by atoms with Crippen LogP contribution in [0, 0.1) is 40.0 Å². The molecule has 0 heteroatoms. The van der Waals surface area contributed by atoms with Gasteiger partial charge in [0, 0.05) is 0 Å². The van der Waals surface area contributed by atoms with E-state index in [2.05, 4.69) is 55.4 Å². The Balaban J connectivity index is 2.73. The lowest BCUT2D eigenvalue weighted by atomic mass is 9.79. The Hall–Kier alpha value is -0.780. The molecule has 1 aromatic rings. The van der Waals surface area contributed by atoms with Crippen LogP contribution in [0.5, 0.6) is 0 Å². The van der Waals surface area contributed by atoms with Gasteiger partial charge in [-0.05, 0) is 85.3 Å². The van der Waals surface area contributed by atoms with Gasteiger partial charge < -0.3 is 0 Å². The predicted octanol–water partition coefficient (Wildman–Crippen LogP) is 4.92. The van der Waals surface area contributed by atoms with Crippen molar-refractivity contribution in [2.75, 3.05) is 0 Å². The number of benzene rings is 1. The maximum atomic E-state index is 2.44. The monoisotopic (exact) mass is 230 g/mol. The summed E-state index contributed by atoms with van der Waals surface area (Å²) in [5.74, 6) is 0. The van der Waals surface area contributed by atoms with E-state index in [1.807, 2.05) is 0 Å². The van der Waals surface area contributed by atoms with Gasteiger partial charge in [-0.3, -0.25) is 0 Å². The van der Waals surface area contributed by atoms with Gasteiger partial charge in [0.2, 0.25) is 0 Å². The van der Waals surface area contributed by atoms with Gasteiger partial charge in [-0.25, -0.2) is 0 Å². The molecule has 1 aliphatic rings. The molecule has 2 rings (SSSR count). The van der Waals surface area contributed by atoms with Crippen LogP contribution in [0.4, 0.5) is 0 Å². The van der Waals surface area contributed by atoms with E-state index in [1.165, 1.54) is 34.2 Å². The molecule has 0 spiro atoms. The topological polar surface area (TPSA) is 0 Å². The van der Waals surface area contributed by atoms with E-state index in [-0.39, 0.29) is 0 Å². The molecule has 0 aromatic heterocycles. The van der Waals surface area contributed by atoms with E-state index in [4.69, 9.17) is 0 Å². The highest BCUT2D eigenvalue weighted by Crippen LogP contribution is 2.65. The predicted molar refractivity (Wildman–Crippen MR) is 75.9 cm³/mol. The highest BCUT2D eigenvalue weighted by molar-refractivity contribution is 5.55. The largest absolute Gasteiger partial charge is 0.0590 e. The van der Waals surface area contributed by atoms with Crippen molar-refractivity contribution in [3.8, 4) is 0 Å². The lowest BCUT2D eigenvalue weighted by Crippen LogP contribution is -2.15. The van der Waals surface area contributed by atoms with Gasteiger partial charge in [-0.2, -0.15) is 0 Å². The second-order valence-corrected chi connectivity index (χ2v) is 6.89. The Morgan fingerprint density at radius 1 is 0.647 bits per heavy atom. The summed E-state index contributed by atoms with van der Waals surface area (Å²) in [6.45, 7) is 18.7. The quantitative estimate of drug-likeness (QED) is 0.642. The van der Waals surface area contributed by atoms with Gasteiger partial charge >= 0.3 is 0 Å². The third kappa shape index (κ3) is 1.49. The molecular weight excluding hydrogens is 204 g/mol. The van der Waals surface area contributed by atoms with Crippen molar-refractivity contribution in [3.05, 3.63) is 33.4 Å². The third-order valence-electron chi connectivity index (χ3n) is 5.72. The van der Waals surface area contributed by atoms with E-state index in [1.54, 1.807) is 5.56 Å². The molecule has 94 valence electrons. The zero-order valence-electron chi connectivity index (χ0n) is 12.7. The molecule has 1 fully saturated rings. The van der Waals surface area contributed by atoms with Crippen molar-refractivity contribution in [2.45, 2.75) is 67.2 Å². The molecule has 0 amide bonds. The maximum absolute atomic E-state index is 2.44. The summed E-state index contributed by atoms with van der Waals surface area (Å²) < 4.78 is 0. The van der Waals surface area contributed by atoms with E-state index in [9.17, 15) is 0 Å². The van der Waals surface area contributed by atoms with E-state index in [0.29, 0.717) is 10.8 Å². The zero-order valence-corrected chi connectivity index (χ0v) is 12.7. The van der Waals surface area contributed by atoms with Crippen molar-refractivity contribution >= 4 is 0 Å². The number of hydrogen-bond donors (Lipinski definition) is 0. The van der Waals surface area contributed by atoms with Crippen molar-refractivity contribution in [1.82, 2.24) is 0 Å². The number of rotatable bonds is 1. The van der Waals surface area contributed by atoms with Gasteiger partial charge in [-0.15, -0.1) is 0 Å². The van der Waals surface area contributed by atoms with Crippen molar-refractivity contribution in [3.63, 3.8) is 0 Å². The summed E-state index contributed by atoms with van der Waals surface area (Å²) in [5, 5.41) is 0. The fraction of sp³-hybridized carbons (Fsp3) is 0.647. The highest BCUT2D eigenvalue weighted by Gasteiger charge is 2.59. The van der Waals surface area contributed by atoms with E-state index in [0.717, 1.165) is 0 Å². The molecule has 1 unspecified atom stereocenters. The second kappa shape index (κ2) is 3.37. The summed E-state index contributed by atoms with van der Waals surface area (Å²) in [4.78, 5) is 0. The molecule has 0 bridgehead atoms. The lowest BCUT2D eigenvalue weighted by Gasteiger charge is -2.25. The van der Waals surface area contributed by atoms with Crippen LogP contribution in [0.25, 0.3) is 0 Å². The molecule has 0 saturated heterocycles. The molecule has 1 atom stereocenters. The molecule has 1 aliphatic carbocycles. The first kappa shape index (κ1) is 12.7. The van der Waals surface area contributed by atoms with E-state index < -0.39 is 0 Å². The molecule has 1 saturated carbocycles. The summed E-state index contributed by atoms with van der Waals surface area (Å²) in [7, 11) is 0. The molecular formula is C17H26. The first-order valence-electron chi connectivity index (χ1n) is 6.71. The van der Waals surface area contributed by atoms with Gasteiger partial charge in [0.05, 0.1) is 0 Å². The van der Waals surface area contributed by atoms with Crippen LogP contribution in [-0.4, -0.2) is 0 Å². The Labute approximate surface area is 106 Å². The second-order valence-electron chi connectivity index (χ2n) is 6.89. The minimum absolute atomic E-state index is 0.393. The lowest BCUT2D eigenvalue weighted by molar-refractivity contribution is 0.524. The zero-order chi connectivity index (χ0) is 13.2. The van der Waals surface area contributed by atoms with Crippen molar-refractivity contribution in [2.24, 2.45) is 5.41 Å². The molecule has 0 N–H and O–H groups in total. The first-order valence-corrected chi connectivity index (χ1v) is 6.71. The van der Waals surface area contributed by atoms with Gasteiger partial charge in [0.25, 0.3) is 0 Å². The summed E-state index contributed by atoms with van der Waals surface area (Å²) in [5.41, 5.74) is 10.0. The normalized spacial score (nSPS) is 26.1. The molecule has 17 heavy (non-hydrogen) atoms. The average molecular weight is 230 g/mol. The van der Waals surface area contributed by atoms with Crippen LogP contribution in [0.3, 0.4) is 0 Å². The average Bonchev–Trinajstić information content (AvgIpc) is 2.73. The Morgan fingerprint density at radius 3 is 1.24 bits per heavy atom. The minimum Gasteiger partial charge on any atom is -0.0590 e. The molecule has 0 heterocycles. The van der Waals surface area contributed by atoms with Gasteiger partial charge in [0.15, 0.2) is 0 Å². The van der Waals surface area contributed by atoms with Crippen LogP contribution >= 0.6 is 0 Å². The van der Waals surface area contributed by atoms with Crippen LogP contribution in [-0.2, 0) is 5.41 Å². The Morgan fingerprint density at radius 2 is 0.941 bits per heavy atom. The third-order valence-corrected chi connectivity index (χ3v) is 5.72. The fourth-order valence-electron chi connectivity index (χ4n) is 3.59. The number of hydrogen-bond acceptors (Lipinski definition) is 0. The first-order chi connectivity index (χ1) is 7.63.